The van der Waals surface area contributed by atoms with Crippen LogP contribution in [0.3, 0.4) is 0 Å². The van der Waals surface area contributed by atoms with Gasteiger partial charge in [-0.2, -0.15) is 0 Å². The van der Waals surface area contributed by atoms with Gasteiger partial charge in [0.25, 0.3) is 0 Å². The summed E-state index contributed by atoms with van der Waals surface area (Å²) in [4.78, 5) is 11.9. The molecule has 0 amide bonds. The lowest BCUT2D eigenvalue weighted by Gasteiger charge is -2.25. The molecule has 0 aromatic heterocycles. The molecule has 1 heterocycles. The predicted molar refractivity (Wildman–Crippen MR) is 81.0 cm³/mol. The van der Waals surface area contributed by atoms with Gasteiger partial charge in [0, 0.05) is 11.5 Å². The van der Waals surface area contributed by atoms with E-state index in [2.05, 4.69) is 12.1 Å². The first kappa shape index (κ1) is 13.7. The number of hydrogen-bond donors (Lipinski definition) is 0. The molecule has 0 N–H and O–H groups in total. The van der Waals surface area contributed by atoms with Crippen LogP contribution in [-0.2, 0) is 4.79 Å². The second-order valence-electron chi connectivity index (χ2n) is 5.50. The normalized spacial score (nSPS) is 17.1. The first-order valence-electron chi connectivity index (χ1n) is 7.04. The van der Waals surface area contributed by atoms with Crippen molar-refractivity contribution in [2.75, 3.05) is 7.11 Å². The predicted octanol–water partition coefficient (Wildman–Crippen LogP) is 3.75. The molecule has 108 valence electrons. The summed E-state index contributed by atoms with van der Waals surface area (Å²) in [6.45, 7) is 4.06. The van der Waals surface area contributed by atoms with E-state index in [-0.39, 0.29) is 11.9 Å². The maximum atomic E-state index is 11.9. The summed E-state index contributed by atoms with van der Waals surface area (Å²) in [6.07, 6.45) is 0.377. The number of carbonyl (C=O) groups excluding carboxylic acids is 1. The average molecular weight is 282 g/mol. The quantitative estimate of drug-likeness (QED) is 0.621. The van der Waals surface area contributed by atoms with Gasteiger partial charge in [-0.05, 0) is 37.1 Å². The van der Waals surface area contributed by atoms with Crippen LogP contribution in [0.2, 0.25) is 0 Å². The fourth-order valence-electron chi connectivity index (χ4n) is 2.89. The molecule has 0 saturated carbocycles. The molecular formula is C18H18O3. The van der Waals surface area contributed by atoms with Gasteiger partial charge in [0.15, 0.2) is 0 Å². The van der Waals surface area contributed by atoms with E-state index < -0.39 is 0 Å². The van der Waals surface area contributed by atoms with E-state index in [1.165, 1.54) is 5.56 Å². The summed E-state index contributed by atoms with van der Waals surface area (Å²) in [5.41, 5.74) is 4.45. The molecule has 1 unspecified atom stereocenters. The topological polar surface area (TPSA) is 35.5 Å². The van der Waals surface area contributed by atoms with Gasteiger partial charge in [-0.3, -0.25) is 4.79 Å². The van der Waals surface area contributed by atoms with Crippen molar-refractivity contribution in [2.45, 2.75) is 26.2 Å². The zero-order chi connectivity index (χ0) is 15.0. The molecule has 1 atom stereocenters. The van der Waals surface area contributed by atoms with E-state index in [4.69, 9.17) is 9.47 Å². The number of rotatable bonds is 2. The smallest absolute Gasteiger partial charge is 0.312 e. The van der Waals surface area contributed by atoms with Gasteiger partial charge in [0.05, 0.1) is 13.5 Å². The maximum Gasteiger partial charge on any atom is 0.312 e. The van der Waals surface area contributed by atoms with Crippen LogP contribution in [0.25, 0.3) is 0 Å². The van der Waals surface area contributed by atoms with Crippen LogP contribution in [0.5, 0.6) is 11.5 Å². The fourth-order valence-corrected chi connectivity index (χ4v) is 2.89. The van der Waals surface area contributed by atoms with E-state index in [1.54, 1.807) is 7.11 Å². The highest BCUT2D eigenvalue weighted by molar-refractivity contribution is 5.77. The molecule has 0 bridgehead atoms. The van der Waals surface area contributed by atoms with Crippen LogP contribution in [0, 0.1) is 13.8 Å². The van der Waals surface area contributed by atoms with Crippen LogP contribution in [0.4, 0.5) is 0 Å². The summed E-state index contributed by atoms with van der Waals surface area (Å²) in [7, 11) is 1.67. The number of hydrogen-bond acceptors (Lipinski definition) is 3. The van der Waals surface area contributed by atoms with Crippen LogP contribution in [-0.4, -0.2) is 13.1 Å². The molecule has 0 spiro atoms. The Morgan fingerprint density at radius 2 is 1.95 bits per heavy atom. The third-order valence-corrected chi connectivity index (χ3v) is 3.96. The standard InChI is InChI=1S/C18H18O3/c1-11-4-6-17-15(8-11)14(10-18(19)21-17)13-5-7-16(20-3)12(2)9-13/h4-9,14H,10H2,1-3H3. The Balaban J connectivity index is 2.08. The van der Waals surface area contributed by atoms with E-state index in [0.717, 1.165) is 22.4 Å². The molecule has 2 aromatic rings. The zero-order valence-electron chi connectivity index (χ0n) is 12.5. The summed E-state index contributed by atoms with van der Waals surface area (Å²) >= 11 is 0. The second kappa shape index (κ2) is 5.24. The van der Waals surface area contributed by atoms with Crippen molar-refractivity contribution in [1.29, 1.82) is 0 Å². The summed E-state index contributed by atoms with van der Waals surface area (Å²) in [5.74, 6) is 1.41. The van der Waals surface area contributed by atoms with Crippen molar-refractivity contribution in [3.05, 3.63) is 58.7 Å². The van der Waals surface area contributed by atoms with Crippen molar-refractivity contribution >= 4 is 5.97 Å². The van der Waals surface area contributed by atoms with Gasteiger partial charge in [-0.1, -0.05) is 29.8 Å². The number of ether oxygens (including phenoxy) is 2. The van der Waals surface area contributed by atoms with Crippen molar-refractivity contribution in [3.63, 3.8) is 0 Å². The molecule has 3 heteroatoms. The molecule has 3 nitrogen and oxygen atoms in total. The Kier molecular flexibility index (Phi) is 3.42. The Labute approximate surface area is 124 Å². The monoisotopic (exact) mass is 282 g/mol. The van der Waals surface area contributed by atoms with Crippen molar-refractivity contribution in [3.8, 4) is 11.5 Å². The number of aryl methyl sites for hydroxylation is 2. The first-order chi connectivity index (χ1) is 10.1. The molecule has 2 aromatic carbocycles. The Morgan fingerprint density at radius 1 is 1.14 bits per heavy atom. The van der Waals surface area contributed by atoms with Gasteiger partial charge in [0.2, 0.25) is 0 Å². The second-order valence-corrected chi connectivity index (χ2v) is 5.50. The molecule has 1 aliphatic heterocycles. The maximum absolute atomic E-state index is 11.9. The molecule has 0 saturated heterocycles. The van der Waals surface area contributed by atoms with Gasteiger partial charge >= 0.3 is 5.97 Å². The van der Waals surface area contributed by atoms with Crippen LogP contribution in [0.1, 0.15) is 34.6 Å². The number of esters is 1. The summed E-state index contributed by atoms with van der Waals surface area (Å²) in [6, 6.07) is 12.0. The van der Waals surface area contributed by atoms with Crippen molar-refractivity contribution in [2.24, 2.45) is 0 Å². The number of fused-ring (bicyclic) bond motifs is 1. The minimum atomic E-state index is -0.176. The van der Waals surface area contributed by atoms with Crippen molar-refractivity contribution < 1.29 is 14.3 Å². The third-order valence-electron chi connectivity index (χ3n) is 3.96. The van der Waals surface area contributed by atoms with Crippen LogP contribution < -0.4 is 9.47 Å². The van der Waals surface area contributed by atoms with E-state index in [1.807, 2.05) is 38.1 Å². The average Bonchev–Trinajstić information content (AvgIpc) is 2.47. The molecular weight excluding hydrogens is 264 g/mol. The fraction of sp³-hybridized carbons (Fsp3) is 0.278. The van der Waals surface area contributed by atoms with E-state index in [9.17, 15) is 4.79 Å². The lowest BCUT2D eigenvalue weighted by molar-refractivity contribution is -0.135. The van der Waals surface area contributed by atoms with Gasteiger partial charge in [-0.15, -0.1) is 0 Å². The highest BCUT2D eigenvalue weighted by Crippen LogP contribution is 2.40. The van der Waals surface area contributed by atoms with Gasteiger partial charge in [0.1, 0.15) is 11.5 Å². The molecule has 0 radical (unpaired) electrons. The number of benzene rings is 2. The zero-order valence-corrected chi connectivity index (χ0v) is 12.5. The van der Waals surface area contributed by atoms with Gasteiger partial charge in [-0.25, -0.2) is 0 Å². The van der Waals surface area contributed by atoms with E-state index in [0.29, 0.717) is 12.2 Å². The summed E-state index contributed by atoms with van der Waals surface area (Å²) in [5, 5.41) is 0. The molecule has 0 fully saturated rings. The third kappa shape index (κ3) is 2.51. The molecule has 3 rings (SSSR count). The Morgan fingerprint density at radius 3 is 2.67 bits per heavy atom. The Bertz CT molecular complexity index is 704. The Hall–Kier alpha value is -2.29. The minimum Gasteiger partial charge on any atom is -0.496 e. The first-order valence-corrected chi connectivity index (χ1v) is 7.04. The number of methoxy groups -OCH3 is 1. The largest absolute Gasteiger partial charge is 0.496 e. The number of carbonyl (C=O) groups is 1. The van der Waals surface area contributed by atoms with Crippen molar-refractivity contribution in [1.82, 2.24) is 0 Å². The lowest BCUT2D eigenvalue weighted by atomic mass is 9.85. The minimum absolute atomic E-state index is 0.0470. The lowest BCUT2D eigenvalue weighted by Crippen LogP contribution is -2.21. The summed E-state index contributed by atoms with van der Waals surface area (Å²) < 4.78 is 10.7. The SMILES string of the molecule is COc1ccc(C2CC(=O)Oc3ccc(C)cc32)cc1C. The molecule has 21 heavy (non-hydrogen) atoms. The van der Waals surface area contributed by atoms with Gasteiger partial charge < -0.3 is 9.47 Å². The van der Waals surface area contributed by atoms with E-state index >= 15 is 0 Å². The molecule has 0 aliphatic carbocycles. The molecule has 1 aliphatic rings. The van der Waals surface area contributed by atoms with Crippen LogP contribution in [0.15, 0.2) is 36.4 Å². The van der Waals surface area contributed by atoms with Crippen LogP contribution >= 0.6 is 0 Å². The highest BCUT2D eigenvalue weighted by Gasteiger charge is 2.28. The highest BCUT2D eigenvalue weighted by atomic mass is 16.5.